The molecule has 0 radical (unpaired) electrons. The van der Waals surface area contributed by atoms with Crippen molar-refractivity contribution in [2.75, 3.05) is 32.6 Å². The van der Waals surface area contributed by atoms with Crippen molar-refractivity contribution in [3.05, 3.63) is 47.5 Å². The number of benzene rings is 2. The third-order valence-corrected chi connectivity index (χ3v) is 5.91. The molecule has 0 spiro atoms. The van der Waals surface area contributed by atoms with Crippen molar-refractivity contribution in [3.63, 3.8) is 0 Å². The van der Waals surface area contributed by atoms with E-state index in [2.05, 4.69) is 4.90 Å². The van der Waals surface area contributed by atoms with Crippen LogP contribution in [-0.2, 0) is 17.6 Å². The van der Waals surface area contributed by atoms with Gasteiger partial charge in [0, 0.05) is 42.1 Å². The van der Waals surface area contributed by atoms with Crippen LogP contribution in [-0.4, -0.2) is 47.2 Å². The van der Waals surface area contributed by atoms with E-state index >= 15 is 0 Å². The summed E-state index contributed by atoms with van der Waals surface area (Å²) in [4.78, 5) is 3.33. The zero-order valence-electron chi connectivity index (χ0n) is 13.5. The van der Waals surface area contributed by atoms with E-state index in [-0.39, 0.29) is 5.75 Å². The van der Waals surface area contributed by atoms with Gasteiger partial charge in [-0.25, -0.2) is 0 Å². The van der Waals surface area contributed by atoms with Gasteiger partial charge in [-0.15, -0.1) is 11.6 Å². The zero-order valence-corrected chi connectivity index (χ0v) is 15.1. The summed E-state index contributed by atoms with van der Waals surface area (Å²) in [6.45, 7) is 2.07. The third-order valence-electron chi connectivity index (χ3n) is 4.12. The van der Waals surface area contributed by atoms with Crippen LogP contribution in [0.4, 0.5) is 0 Å². The molecule has 1 N–H and O–H groups in total. The second kappa shape index (κ2) is 7.66. The van der Waals surface area contributed by atoms with Crippen molar-refractivity contribution in [3.8, 4) is 11.5 Å². The summed E-state index contributed by atoms with van der Waals surface area (Å²) >= 11 is 4.34. The van der Waals surface area contributed by atoms with Gasteiger partial charge in [-0.1, -0.05) is 18.2 Å². The smallest absolute Gasteiger partial charge is 0.207 e. The van der Waals surface area contributed by atoms with E-state index < -0.39 is 11.2 Å². The highest BCUT2D eigenvalue weighted by atomic mass is 35.5. The predicted octanol–water partition coefficient (Wildman–Crippen LogP) is 3.01. The van der Waals surface area contributed by atoms with Crippen molar-refractivity contribution in [1.82, 2.24) is 4.90 Å². The highest BCUT2D eigenvalue weighted by Crippen LogP contribution is 2.43. The van der Waals surface area contributed by atoms with Gasteiger partial charge in [-0.05, 0) is 25.2 Å². The second-order valence-electron chi connectivity index (χ2n) is 5.78. The van der Waals surface area contributed by atoms with Gasteiger partial charge in [0.05, 0.1) is 5.56 Å². The molecule has 2 aromatic rings. The maximum atomic E-state index is 12.8. The summed E-state index contributed by atoms with van der Waals surface area (Å²) in [5.74, 6) is 1.33. The summed E-state index contributed by atoms with van der Waals surface area (Å²) in [6.07, 6.45) is 0.610. The monoisotopic (exact) mass is 365 g/mol. The minimum absolute atomic E-state index is 0.0597. The average molecular weight is 366 g/mol. The van der Waals surface area contributed by atoms with Crippen LogP contribution >= 0.6 is 11.6 Å². The number of nitrogens with zero attached hydrogens (tertiary/aromatic N) is 1. The fourth-order valence-electron chi connectivity index (χ4n) is 2.81. The zero-order chi connectivity index (χ0) is 17.1. The van der Waals surface area contributed by atoms with Crippen molar-refractivity contribution in [2.45, 2.75) is 16.2 Å². The van der Waals surface area contributed by atoms with Gasteiger partial charge >= 0.3 is 0 Å². The van der Waals surface area contributed by atoms with Crippen LogP contribution < -0.4 is 4.74 Å². The van der Waals surface area contributed by atoms with Crippen molar-refractivity contribution >= 4 is 22.8 Å². The van der Waals surface area contributed by atoms with Crippen LogP contribution in [0.5, 0.6) is 11.5 Å². The largest absolute Gasteiger partial charge is 0.606 e. The van der Waals surface area contributed by atoms with E-state index in [1.54, 1.807) is 12.1 Å². The van der Waals surface area contributed by atoms with Crippen molar-refractivity contribution in [2.24, 2.45) is 0 Å². The van der Waals surface area contributed by atoms with Crippen LogP contribution in [0.1, 0.15) is 11.1 Å². The molecule has 24 heavy (non-hydrogen) atoms. The first-order valence-electron chi connectivity index (χ1n) is 7.83. The Hall–Kier alpha value is -1.40. The SMILES string of the molecule is CN(CCCl)CCOc1ccc(O)c2c1Cc1ccccc1[S+]2[O-]. The fourth-order valence-corrected chi connectivity index (χ4v) is 4.55. The molecule has 0 aromatic heterocycles. The lowest BCUT2D eigenvalue weighted by Crippen LogP contribution is -2.26. The summed E-state index contributed by atoms with van der Waals surface area (Å²) in [5, 5.41) is 10.2. The number of rotatable bonds is 6. The molecule has 0 aliphatic carbocycles. The van der Waals surface area contributed by atoms with Crippen LogP contribution in [0.25, 0.3) is 0 Å². The molecule has 3 rings (SSSR count). The van der Waals surface area contributed by atoms with E-state index in [0.29, 0.717) is 29.6 Å². The van der Waals surface area contributed by atoms with E-state index in [0.717, 1.165) is 29.1 Å². The summed E-state index contributed by atoms with van der Waals surface area (Å²) in [7, 11) is 1.99. The number of likely N-dealkylation sites (N-methyl/N-ethyl adjacent to an activating group) is 1. The molecule has 0 amide bonds. The van der Waals surface area contributed by atoms with Gasteiger partial charge in [0.1, 0.15) is 12.4 Å². The first kappa shape index (κ1) is 17.4. The number of fused-ring (bicyclic) bond motifs is 2. The summed E-state index contributed by atoms with van der Waals surface area (Å²) in [5.41, 5.74) is 1.82. The van der Waals surface area contributed by atoms with Crippen LogP contribution in [0.3, 0.4) is 0 Å². The Morgan fingerprint density at radius 2 is 2.04 bits per heavy atom. The fraction of sp³-hybridized carbons (Fsp3) is 0.333. The average Bonchev–Trinajstić information content (AvgIpc) is 2.57. The van der Waals surface area contributed by atoms with Crippen LogP contribution in [0.15, 0.2) is 46.2 Å². The van der Waals surface area contributed by atoms with E-state index in [1.807, 2.05) is 31.3 Å². The van der Waals surface area contributed by atoms with E-state index in [4.69, 9.17) is 16.3 Å². The Morgan fingerprint density at radius 3 is 2.83 bits per heavy atom. The number of halogens is 1. The topological polar surface area (TPSA) is 55.8 Å². The second-order valence-corrected chi connectivity index (χ2v) is 7.55. The van der Waals surface area contributed by atoms with Gasteiger partial charge in [-0.2, -0.15) is 0 Å². The molecular weight excluding hydrogens is 346 g/mol. The number of aromatic hydroxyl groups is 1. The molecule has 0 saturated carbocycles. The molecule has 0 fully saturated rings. The van der Waals surface area contributed by atoms with Gasteiger partial charge in [0.15, 0.2) is 10.6 Å². The lowest BCUT2D eigenvalue weighted by Gasteiger charge is -2.24. The highest BCUT2D eigenvalue weighted by Gasteiger charge is 2.33. The predicted molar refractivity (Wildman–Crippen MR) is 95.7 cm³/mol. The minimum atomic E-state index is -1.39. The number of phenols is 1. The summed E-state index contributed by atoms with van der Waals surface area (Å²) < 4.78 is 18.7. The first-order valence-corrected chi connectivity index (χ1v) is 9.52. The maximum Gasteiger partial charge on any atom is 0.207 e. The van der Waals surface area contributed by atoms with Gasteiger partial charge in [0.25, 0.3) is 0 Å². The van der Waals surface area contributed by atoms with Gasteiger partial charge in [-0.3, -0.25) is 0 Å². The molecule has 6 heteroatoms. The van der Waals surface area contributed by atoms with Crippen LogP contribution in [0.2, 0.25) is 0 Å². The Kier molecular flexibility index (Phi) is 5.56. The molecule has 2 aromatic carbocycles. The quantitative estimate of drug-likeness (QED) is 0.631. The van der Waals surface area contributed by atoms with Gasteiger partial charge < -0.3 is 19.3 Å². The molecule has 1 atom stereocenters. The molecule has 128 valence electrons. The molecule has 1 unspecified atom stereocenters. The number of hydrogen-bond acceptors (Lipinski definition) is 4. The lowest BCUT2D eigenvalue weighted by molar-refractivity contribution is 0.242. The minimum Gasteiger partial charge on any atom is -0.606 e. The summed E-state index contributed by atoms with van der Waals surface area (Å²) in [6, 6.07) is 10.9. The van der Waals surface area contributed by atoms with Crippen LogP contribution in [0, 0.1) is 0 Å². The first-order chi connectivity index (χ1) is 11.6. The Bertz CT molecular complexity index is 725. The van der Waals surface area contributed by atoms with E-state index in [9.17, 15) is 9.66 Å². The van der Waals surface area contributed by atoms with Gasteiger partial charge in [0.2, 0.25) is 4.90 Å². The Morgan fingerprint density at radius 1 is 1.25 bits per heavy atom. The highest BCUT2D eigenvalue weighted by molar-refractivity contribution is 7.91. The van der Waals surface area contributed by atoms with E-state index in [1.165, 1.54) is 0 Å². The molecule has 0 saturated heterocycles. The maximum absolute atomic E-state index is 12.8. The van der Waals surface area contributed by atoms with Crippen molar-refractivity contribution in [1.29, 1.82) is 0 Å². The molecule has 0 bridgehead atoms. The Labute approximate surface area is 150 Å². The molecule has 4 nitrogen and oxygen atoms in total. The molecule has 1 aliphatic rings. The lowest BCUT2D eigenvalue weighted by atomic mass is 10.0. The Balaban J connectivity index is 1.83. The normalized spacial score (nSPS) is 15.9. The third kappa shape index (κ3) is 3.49. The molecule has 1 heterocycles. The molecular formula is C18H20ClNO3S. The standard InChI is InChI=1S/C18H20ClNO3S/c1-20(9-8-19)10-11-23-16-7-6-15(21)18-14(16)12-13-4-2-3-5-17(13)24(18)22/h2-7,21H,8-12H2,1H3. The number of ether oxygens (including phenoxy) is 1. The number of alkyl halides is 1. The van der Waals surface area contributed by atoms with Crippen molar-refractivity contribution < 1.29 is 14.4 Å². The number of phenolic OH excluding ortho intramolecular Hbond substituents is 1. The molecule has 1 aliphatic heterocycles. The number of hydrogen-bond donors (Lipinski definition) is 1.